The van der Waals surface area contributed by atoms with Crippen molar-refractivity contribution >= 4 is 12.4 Å². The lowest BCUT2D eigenvalue weighted by atomic mass is 10.1. The lowest BCUT2D eigenvalue weighted by Gasteiger charge is -2.22. The Kier molecular flexibility index (Phi) is 8.80. The first-order chi connectivity index (χ1) is 8.51. The predicted octanol–water partition coefficient (Wildman–Crippen LogP) is 2.86. The molecule has 0 heterocycles. The van der Waals surface area contributed by atoms with Gasteiger partial charge in [-0.25, -0.2) is 0 Å². The van der Waals surface area contributed by atoms with E-state index < -0.39 is 12.6 Å². The average molecular weight is 297 g/mol. The Morgan fingerprint density at radius 2 is 1.63 bits per heavy atom. The van der Waals surface area contributed by atoms with Crippen LogP contribution in [0.3, 0.4) is 0 Å². The molecule has 1 aromatic carbocycles. The zero-order valence-corrected chi connectivity index (χ0v) is 11.5. The molecule has 0 aliphatic carbocycles. The molecule has 0 spiro atoms. The van der Waals surface area contributed by atoms with E-state index in [9.17, 15) is 13.2 Å². The predicted molar refractivity (Wildman–Crippen MR) is 73.6 cm³/mol. The van der Waals surface area contributed by atoms with Crippen molar-refractivity contribution in [1.29, 1.82) is 0 Å². The van der Waals surface area contributed by atoms with Gasteiger partial charge in [-0.05, 0) is 12.0 Å². The van der Waals surface area contributed by atoms with E-state index in [1.807, 2.05) is 30.3 Å². The van der Waals surface area contributed by atoms with Crippen molar-refractivity contribution in [2.24, 2.45) is 5.73 Å². The number of nitrogens with two attached hydrogens (primary N) is 1. The van der Waals surface area contributed by atoms with Gasteiger partial charge in [0.2, 0.25) is 0 Å². The van der Waals surface area contributed by atoms with Crippen LogP contribution >= 0.6 is 12.4 Å². The fraction of sp³-hybridized carbons (Fsp3) is 0.538. The maximum atomic E-state index is 12.2. The summed E-state index contributed by atoms with van der Waals surface area (Å²) >= 11 is 0. The van der Waals surface area contributed by atoms with E-state index in [2.05, 4.69) is 0 Å². The van der Waals surface area contributed by atoms with Gasteiger partial charge in [0, 0.05) is 26.2 Å². The number of alkyl halides is 3. The van der Waals surface area contributed by atoms with E-state index in [1.54, 1.807) is 4.90 Å². The van der Waals surface area contributed by atoms with Gasteiger partial charge >= 0.3 is 6.18 Å². The van der Waals surface area contributed by atoms with Crippen LogP contribution in [0.4, 0.5) is 13.2 Å². The summed E-state index contributed by atoms with van der Waals surface area (Å²) in [4.78, 5) is 1.76. The molecule has 2 nitrogen and oxygen atoms in total. The number of rotatable bonds is 7. The SMILES string of the molecule is Cl.NCCN(CCc1ccccc1)CCC(F)(F)F. The summed E-state index contributed by atoms with van der Waals surface area (Å²) in [5.74, 6) is 0. The van der Waals surface area contributed by atoms with Crippen LogP contribution in [0, 0.1) is 0 Å². The molecule has 1 aromatic rings. The molecule has 0 saturated heterocycles. The van der Waals surface area contributed by atoms with Gasteiger partial charge in [-0.15, -0.1) is 12.4 Å². The lowest BCUT2D eigenvalue weighted by molar-refractivity contribution is -0.137. The molecule has 0 atom stereocenters. The average Bonchev–Trinajstić information content (AvgIpc) is 2.33. The van der Waals surface area contributed by atoms with E-state index in [4.69, 9.17) is 5.73 Å². The van der Waals surface area contributed by atoms with Crippen LogP contribution in [0.1, 0.15) is 12.0 Å². The Morgan fingerprint density at radius 3 is 2.16 bits per heavy atom. The molecular formula is C13H20ClF3N2. The smallest absolute Gasteiger partial charge is 0.329 e. The second-order valence-electron chi connectivity index (χ2n) is 4.23. The number of halogens is 4. The van der Waals surface area contributed by atoms with Gasteiger partial charge in [0.15, 0.2) is 0 Å². The minimum Gasteiger partial charge on any atom is -0.329 e. The summed E-state index contributed by atoms with van der Waals surface area (Å²) in [6.07, 6.45) is -4.12. The maximum absolute atomic E-state index is 12.2. The molecule has 19 heavy (non-hydrogen) atoms. The molecule has 1 rings (SSSR count). The summed E-state index contributed by atoms with van der Waals surface area (Å²) in [6, 6.07) is 9.73. The summed E-state index contributed by atoms with van der Waals surface area (Å²) in [5.41, 5.74) is 6.55. The third kappa shape index (κ3) is 8.86. The highest BCUT2D eigenvalue weighted by atomic mass is 35.5. The zero-order chi connectivity index (χ0) is 13.4. The molecule has 0 radical (unpaired) electrons. The molecule has 0 aliphatic rings. The van der Waals surface area contributed by atoms with Crippen molar-refractivity contribution in [3.05, 3.63) is 35.9 Å². The monoisotopic (exact) mass is 296 g/mol. The van der Waals surface area contributed by atoms with E-state index in [0.717, 1.165) is 12.0 Å². The van der Waals surface area contributed by atoms with Gasteiger partial charge < -0.3 is 10.6 Å². The highest BCUT2D eigenvalue weighted by Crippen LogP contribution is 2.19. The fourth-order valence-electron chi connectivity index (χ4n) is 1.73. The molecule has 6 heteroatoms. The number of nitrogens with zero attached hydrogens (tertiary/aromatic N) is 1. The molecular weight excluding hydrogens is 277 g/mol. The Labute approximate surface area is 118 Å². The van der Waals surface area contributed by atoms with E-state index >= 15 is 0 Å². The Balaban J connectivity index is 0.00000324. The maximum Gasteiger partial charge on any atom is 0.390 e. The van der Waals surface area contributed by atoms with Crippen LogP contribution in [-0.4, -0.2) is 37.3 Å². The van der Waals surface area contributed by atoms with Crippen LogP contribution in [0.25, 0.3) is 0 Å². The third-order valence-electron chi connectivity index (χ3n) is 2.72. The standard InChI is InChI=1S/C13H19F3N2.ClH/c14-13(15,16)7-10-18(11-8-17)9-6-12-4-2-1-3-5-12;/h1-5H,6-11,17H2;1H. The topological polar surface area (TPSA) is 29.3 Å². The first-order valence-corrected chi connectivity index (χ1v) is 6.04. The highest BCUT2D eigenvalue weighted by molar-refractivity contribution is 5.85. The fourth-order valence-corrected chi connectivity index (χ4v) is 1.73. The summed E-state index contributed by atoms with van der Waals surface area (Å²) in [5, 5.41) is 0. The summed E-state index contributed by atoms with van der Waals surface area (Å²) in [7, 11) is 0. The van der Waals surface area contributed by atoms with E-state index in [1.165, 1.54) is 0 Å². The molecule has 0 amide bonds. The molecule has 0 bridgehead atoms. The second kappa shape index (κ2) is 9.18. The van der Waals surface area contributed by atoms with Gasteiger partial charge in [0.05, 0.1) is 6.42 Å². The molecule has 2 N–H and O–H groups in total. The Morgan fingerprint density at radius 1 is 1.00 bits per heavy atom. The molecule has 0 aromatic heterocycles. The second-order valence-corrected chi connectivity index (χ2v) is 4.23. The van der Waals surface area contributed by atoms with Crippen LogP contribution < -0.4 is 5.73 Å². The first kappa shape index (κ1) is 18.2. The summed E-state index contributed by atoms with van der Waals surface area (Å²) in [6.45, 7) is 1.51. The molecule has 0 saturated carbocycles. The number of benzene rings is 1. The zero-order valence-electron chi connectivity index (χ0n) is 10.7. The van der Waals surface area contributed by atoms with Crippen LogP contribution in [0.15, 0.2) is 30.3 Å². The van der Waals surface area contributed by atoms with Crippen molar-refractivity contribution in [3.8, 4) is 0 Å². The van der Waals surface area contributed by atoms with Gasteiger partial charge in [0.1, 0.15) is 0 Å². The quantitative estimate of drug-likeness (QED) is 0.838. The van der Waals surface area contributed by atoms with Gasteiger partial charge in [-0.1, -0.05) is 30.3 Å². The van der Waals surface area contributed by atoms with Crippen molar-refractivity contribution < 1.29 is 13.2 Å². The van der Waals surface area contributed by atoms with Gasteiger partial charge in [-0.2, -0.15) is 13.2 Å². The summed E-state index contributed by atoms with van der Waals surface area (Å²) < 4.78 is 36.5. The van der Waals surface area contributed by atoms with E-state index in [-0.39, 0.29) is 19.0 Å². The molecule has 0 fully saturated rings. The minimum absolute atomic E-state index is 0. The van der Waals surface area contributed by atoms with Gasteiger partial charge in [0.25, 0.3) is 0 Å². The highest BCUT2D eigenvalue weighted by Gasteiger charge is 2.27. The van der Waals surface area contributed by atoms with Crippen molar-refractivity contribution in [1.82, 2.24) is 4.90 Å². The van der Waals surface area contributed by atoms with Gasteiger partial charge in [-0.3, -0.25) is 0 Å². The molecule has 0 unspecified atom stereocenters. The Hall–Kier alpha value is -0.780. The largest absolute Gasteiger partial charge is 0.390 e. The number of hydrogen-bond donors (Lipinski definition) is 1. The van der Waals surface area contributed by atoms with E-state index in [0.29, 0.717) is 19.6 Å². The molecule has 110 valence electrons. The van der Waals surface area contributed by atoms with Crippen LogP contribution in [0.2, 0.25) is 0 Å². The first-order valence-electron chi connectivity index (χ1n) is 6.04. The van der Waals surface area contributed by atoms with Crippen molar-refractivity contribution in [3.63, 3.8) is 0 Å². The third-order valence-corrected chi connectivity index (χ3v) is 2.72. The van der Waals surface area contributed by atoms with Crippen LogP contribution in [-0.2, 0) is 6.42 Å². The van der Waals surface area contributed by atoms with Crippen molar-refractivity contribution in [2.75, 3.05) is 26.2 Å². The normalized spacial score (nSPS) is 11.4. The molecule has 0 aliphatic heterocycles. The minimum atomic E-state index is -4.10. The number of hydrogen-bond acceptors (Lipinski definition) is 2. The lowest BCUT2D eigenvalue weighted by Crippen LogP contribution is -2.34. The Bertz CT molecular complexity index is 330. The van der Waals surface area contributed by atoms with Crippen molar-refractivity contribution in [2.45, 2.75) is 19.0 Å². The van der Waals surface area contributed by atoms with Crippen LogP contribution in [0.5, 0.6) is 0 Å².